The molecular weight excluding hydrogens is 194 g/mol. The summed E-state index contributed by atoms with van der Waals surface area (Å²) in [6.07, 6.45) is 7.96. The molecule has 0 amide bonds. The van der Waals surface area contributed by atoms with Crippen LogP contribution in [0.3, 0.4) is 0 Å². The number of unbranched alkanes of at least 4 members (excludes halogenated alkanes) is 1. The number of nitrogens with zero attached hydrogens (tertiary/aromatic N) is 1. The second-order valence-electron chi connectivity index (χ2n) is 2.85. The Bertz CT molecular complexity index is 406. The highest BCUT2D eigenvalue weighted by atomic mass is 16.5. The van der Waals surface area contributed by atoms with Crippen LogP contribution in [0.4, 0.5) is 5.82 Å². The number of ether oxygens (including phenoxy) is 1. The number of rotatable bonds is 5. The van der Waals surface area contributed by atoms with Crippen LogP contribution in [0, 0.1) is 12.3 Å². The van der Waals surface area contributed by atoms with E-state index in [1.807, 2.05) is 0 Å². The first-order chi connectivity index (χ1) is 7.29. The summed E-state index contributed by atoms with van der Waals surface area (Å²) >= 11 is 0. The molecule has 0 saturated heterocycles. The first-order valence-corrected chi connectivity index (χ1v) is 4.58. The van der Waals surface area contributed by atoms with E-state index in [0.29, 0.717) is 18.8 Å². The molecule has 0 aliphatic heterocycles. The third-order valence-corrected chi connectivity index (χ3v) is 1.81. The fraction of sp³-hybridized carbons (Fsp3) is 0.400. The summed E-state index contributed by atoms with van der Waals surface area (Å²) in [7, 11) is 1.43. The molecule has 0 unspecified atom stereocenters. The summed E-state index contributed by atoms with van der Waals surface area (Å²) in [6, 6.07) is 0. The Morgan fingerprint density at radius 3 is 3.20 bits per heavy atom. The molecule has 5 heteroatoms. The molecule has 0 radical (unpaired) electrons. The number of methoxy groups -OCH3 is 1. The number of nitrogens with one attached hydrogen (secondary N) is 2. The highest BCUT2D eigenvalue weighted by Gasteiger charge is 2.07. The average Bonchev–Trinajstić information content (AvgIpc) is 2.24. The van der Waals surface area contributed by atoms with Crippen LogP contribution in [0.2, 0.25) is 0 Å². The first-order valence-electron chi connectivity index (χ1n) is 4.58. The Labute approximate surface area is 87.9 Å². The van der Waals surface area contributed by atoms with Gasteiger partial charge in [0, 0.05) is 13.0 Å². The monoisotopic (exact) mass is 207 g/mol. The second-order valence-corrected chi connectivity index (χ2v) is 2.85. The van der Waals surface area contributed by atoms with Crippen molar-refractivity contribution in [3.63, 3.8) is 0 Å². The molecule has 80 valence electrons. The van der Waals surface area contributed by atoms with Crippen LogP contribution in [-0.4, -0.2) is 23.6 Å². The molecule has 0 aliphatic carbocycles. The van der Waals surface area contributed by atoms with Crippen molar-refractivity contribution in [3.8, 4) is 18.1 Å². The van der Waals surface area contributed by atoms with Gasteiger partial charge in [-0.2, -0.15) is 0 Å². The summed E-state index contributed by atoms with van der Waals surface area (Å²) in [6.45, 7) is 0.664. The van der Waals surface area contributed by atoms with Gasteiger partial charge in [0.2, 0.25) is 5.75 Å². The zero-order chi connectivity index (χ0) is 11.1. The number of hydrogen-bond donors (Lipinski definition) is 2. The maximum absolute atomic E-state index is 11.3. The van der Waals surface area contributed by atoms with Gasteiger partial charge in [-0.3, -0.25) is 4.79 Å². The van der Waals surface area contributed by atoms with Crippen molar-refractivity contribution in [2.45, 2.75) is 12.8 Å². The molecule has 1 aromatic heterocycles. The van der Waals surface area contributed by atoms with Gasteiger partial charge in [-0.1, -0.05) is 0 Å². The van der Waals surface area contributed by atoms with Crippen LogP contribution < -0.4 is 15.6 Å². The number of aromatic amines is 1. The summed E-state index contributed by atoms with van der Waals surface area (Å²) in [4.78, 5) is 17.7. The van der Waals surface area contributed by atoms with Crippen molar-refractivity contribution < 1.29 is 4.74 Å². The predicted molar refractivity (Wildman–Crippen MR) is 58.0 cm³/mol. The number of terminal acetylenes is 1. The van der Waals surface area contributed by atoms with Crippen molar-refractivity contribution in [2.75, 3.05) is 19.0 Å². The van der Waals surface area contributed by atoms with Crippen molar-refractivity contribution >= 4 is 5.82 Å². The SMILES string of the molecule is C#CCCCNc1nc[nH]c(=O)c1OC. The molecule has 1 rings (SSSR count). The van der Waals surface area contributed by atoms with Crippen LogP contribution in [-0.2, 0) is 0 Å². The number of H-pyrrole nitrogens is 1. The lowest BCUT2D eigenvalue weighted by Crippen LogP contribution is -2.14. The molecule has 0 saturated carbocycles. The number of hydrogen-bond acceptors (Lipinski definition) is 4. The lowest BCUT2D eigenvalue weighted by molar-refractivity contribution is 0.408. The quantitative estimate of drug-likeness (QED) is 0.548. The molecule has 5 nitrogen and oxygen atoms in total. The summed E-state index contributed by atoms with van der Waals surface area (Å²) in [5.41, 5.74) is -0.299. The Hall–Kier alpha value is -1.96. The smallest absolute Gasteiger partial charge is 0.295 e. The Kier molecular flexibility index (Phi) is 4.23. The first kappa shape index (κ1) is 11.1. The van der Waals surface area contributed by atoms with Crippen molar-refractivity contribution in [1.82, 2.24) is 9.97 Å². The summed E-state index contributed by atoms with van der Waals surface area (Å²) in [5.74, 6) is 3.17. The van der Waals surface area contributed by atoms with Gasteiger partial charge in [0.15, 0.2) is 5.82 Å². The Morgan fingerprint density at radius 1 is 1.73 bits per heavy atom. The standard InChI is InChI=1S/C10H13N3O2/c1-3-4-5-6-11-9-8(15-2)10(14)13-7-12-9/h1,7H,4-6H2,2H3,(H2,11,12,13,14). The lowest BCUT2D eigenvalue weighted by atomic mass is 10.3. The molecule has 0 fully saturated rings. The topological polar surface area (TPSA) is 67.0 Å². The van der Waals surface area contributed by atoms with E-state index >= 15 is 0 Å². The van der Waals surface area contributed by atoms with Gasteiger partial charge in [0.25, 0.3) is 5.56 Å². The van der Waals surface area contributed by atoms with Crippen LogP contribution in [0.25, 0.3) is 0 Å². The summed E-state index contributed by atoms with van der Waals surface area (Å²) < 4.78 is 4.92. The van der Waals surface area contributed by atoms with E-state index in [1.54, 1.807) is 0 Å². The van der Waals surface area contributed by atoms with Crippen molar-refractivity contribution in [1.29, 1.82) is 0 Å². The van der Waals surface area contributed by atoms with E-state index in [2.05, 4.69) is 21.2 Å². The van der Waals surface area contributed by atoms with Gasteiger partial charge < -0.3 is 15.0 Å². The highest BCUT2D eigenvalue weighted by molar-refractivity contribution is 5.47. The van der Waals surface area contributed by atoms with E-state index in [9.17, 15) is 4.79 Å². The van der Waals surface area contributed by atoms with Gasteiger partial charge in [0.05, 0.1) is 13.4 Å². The number of aromatic nitrogens is 2. The minimum atomic E-state index is -0.299. The largest absolute Gasteiger partial charge is 0.489 e. The van der Waals surface area contributed by atoms with E-state index in [0.717, 1.165) is 6.42 Å². The zero-order valence-electron chi connectivity index (χ0n) is 8.54. The molecule has 0 aromatic carbocycles. The zero-order valence-corrected chi connectivity index (χ0v) is 8.54. The molecule has 0 bridgehead atoms. The van der Waals surface area contributed by atoms with Crippen LogP contribution in [0.5, 0.6) is 5.75 Å². The second kappa shape index (κ2) is 5.70. The third-order valence-electron chi connectivity index (χ3n) is 1.81. The molecular formula is C10H13N3O2. The molecule has 15 heavy (non-hydrogen) atoms. The average molecular weight is 207 g/mol. The molecule has 0 aliphatic rings. The van der Waals surface area contributed by atoms with Crippen molar-refractivity contribution in [2.24, 2.45) is 0 Å². The minimum Gasteiger partial charge on any atom is -0.489 e. The lowest BCUT2D eigenvalue weighted by Gasteiger charge is -2.07. The number of anilines is 1. The fourth-order valence-electron chi connectivity index (χ4n) is 1.10. The highest BCUT2D eigenvalue weighted by Crippen LogP contribution is 2.13. The van der Waals surface area contributed by atoms with Crippen LogP contribution >= 0.6 is 0 Å². The van der Waals surface area contributed by atoms with Crippen molar-refractivity contribution in [3.05, 3.63) is 16.7 Å². The van der Waals surface area contributed by atoms with Gasteiger partial charge in [-0.15, -0.1) is 12.3 Å². The molecule has 1 heterocycles. The predicted octanol–water partition coefficient (Wildman–Crippen LogP) is 0.604. The molecule has 2 N–H and O–H groups in total. The molecule has 0 atom stereocenters. The van der Waals surface area contributed by atoms with Gasteiger partial charge in [-0.25, -0.2) is 4.98 Å². The van der Waals surface area contributed by atoms with E-state index in [4.69, 9.17) is 11.2 Å². The third kappa shape index (κ3) is 3.02. The van der Waals surface area contributed by atoms with Gasteiger partial charge >= 0.3 is 0 Å². The van der Waals surface area contributed by atoms with E-state index in [-0.39, 0.29) is 11.3 Å². The van der Waals surface area contributed by atoms with Crippen LogP contribution in [0.15, 0.2) is 11.1 Å². The molecule has 0 spiro atoms. The van der Waals surface area contributed by atoms with E-state index < -0.39 is 0 Å². The fourth-order valence-corrected chi connectivity index (χ4v) is 1.10. The molecule has 1 aromatic rings. The van der Waals surface area contributed by atoms with Gasteiger partial charge in [-0.05, 0) is 6.42 Å². The Balaban J connectivity index is 2.65. The minimum absolute atomic E-state index is 0.193. The van der Waals surface area contributed by atoms with Gasteiger partial charge in [0.1, 0.15) is 0 Å². The maximum atomic E-state index is 11.3. The maximum Gasteiger partial charge on any atom is 0.295 e. The summed E-state index contributed by atoms with van der Waals surface area (Å²) in [5, 5.41) is 2.99. The van der Waals surface area contributed by atoms with Crippen LogP contribution in [0.1, 0.15) is 12.8 Å². The van der Waals surface area contributed by atoms with E-state index in [1.165, 1.54) is 13.4 Å². The Morgan fingerprint density at radius 2 is 2.53 bits per heavy atom. The normalized spacial score (nSPS) is 9.33.